The quantitative estimate of drug-likeness (QED) is 0.541. The van der Waals surface area contributed by atoms with Crippen LogP contribution in [-0.4, -0.2) is 14.3 Å². The number of carbonyl (C=O) groups is 1. The Labute approximate surface area is 175 Å². The number of rotatable bonds is 5. The molecule has 0 saturated heterocycles. The molecule has 0 bridgehead atoms. The Balaban J connectivity index is 1.83. The lowest BCUT2D eigenvalue weighted by molar-refractivity contribution is -0.137. The van der Waals surface area contributed by atoms with Crippen LogP contribution < -0.4 is 10.0 Å². The predicted octanol–water partition coefficient (Wildman–Crippen LogP) is 5.41. The normalized spacial score (nSPS) is 11.7. The Kier molecular flexibility index (Phi) is 6.04. The van der Waals surface area contributed by atoms with Crippen molar-refractivity contribution in [2.75, 3.05) is 10.0 Å². The minimum Gasteiger partial charge on any atom is -0.322 e. The van der Waals surface area contributed by atoms with Crippen LogP contribution in [0.2, 0.25) is 5.02 Å². The third kappa shape index (κ3) is 5.11. The van der Waals surface area contributed by atoms with Crippen molar-refractivity contribution in [3.8, 4) is 0 Å². The Morgan fingerprint density at radius 2 is 1.53 bits per heavy atom. The van der Waals surface area contributed by atoms with Crippen LogP contribution in [0.4, 0.5) is 24.5 Å². The number of alkyl halides is 3. The molecule has 1 amide bonds. The minimum atomic E-state index is -4.61. The van der Waals surface area contributed by atoms with E-state index in [0.29, 0.717) is 6.07 Å². The van der Waals surface area contributed by atoms with Gasteiger partial charge in [0, 0.05) is 11.4 Å². The zero-order valence-corrected chi connectivity index (χ0v) is 16.6. The number of amides is 1. The third-order valence-electron chi connectivity index (χ3n) is 3.96. The Hall–Kier alpha value is -3.04. The highest BCUT2D eigenvalue weighted by atomic mass is 35.5. The molecule has 0 aliphatic heterocycles. The first-order valence-corrected chi connectivity index (χ1v) is 10.3. The highest BCUT2D eigenvalue weighted by Gasteiger charge is 2.30. The first kappa shape index (κ1) is 21.7. The van der Waals surface area contributed by atoms with Crippen LogP contribution in [0.25, 0.3) is 0 Å². The molecule has 0 radical (unpaired) electrons. The van der Waals surface area contributed by atoms with Crippen LogP contribution in [-0.2, 0) is 16.2 Å². The van der Waals surface area contributed by atoms with E-state index in [-0.39, 0.29) is 26.9 Å². The van der Waals surface area contributed by atoms with Gasteiger partial charge in [0.2, 0.25) is 0 Å². The molecule has 3 rings (SSSR count). The van der Waals surface area contributed by atoms with Crippen LogP contribution in [0, 0.1) is 0 Å². The van der Waals surface area contributed by atoms with Crippen molar-refractivity contribution in [1.29, 1.82) is 0 Å². The SMILES string of the molecule is O=C(Nc1cccc(S(=O)(=O)Nc2cccc(C(F)(F)F)c2)c1)c1ccccc1Cl. The lowest BCUT2D eigenvalue weighted by Crippen LogP contribution is -2.16. The summed E-state index contributed by atoms with van der Waals surface area (Å²) >= 11 is 5.98. The summed E-state index contributed by atoms with van der Waals surface area (Å²) in [7, 11) is -4.20. The number of hydrogen-bond donors (Lipinski definition) is 2. The molecule has 2 N–H and O–H groups in total. The highest BCUT2D eigenvalue weighted by molar-refractivity contribution is 7.92. The highest BCUT2D eigenvalue weighted by Crippen LogP contribution is 2.31. The van der Waals surface area contributed by atoms with Crippen molar-refractivity contribution < 1.29 is 26.4 Å². The molecule has 0 atom stereocenters. The number of nitrogens with one attached hydrogen (secondary N) is 2. The van der Waals surface area contributed by atoms with Crippen molar-refractivity contribution in [1.82, 2.24) is 0 Å². The molecule has 30 heavy (non-hydrogen) atoms. The molecule has 10 heteroatoms. The number of carbonyl (C=O) groups excluding carboxylic acids is 1. The van der Waals surface area contributed by atoms with E-state index < -0.39 is 27.7 Å². The Morgan fingerprint density at radius 1 is 0.867 bits per heavy atom. The average Bonchev–Trinajstić information content (AvgIpc) is 2.68. The summed E-state index contributed by atoms with van der Waals surface area (Å²) in [5.41, 5.74) is -0.847. The summed E-state index contributed by atoms with van der Waals surface area (Å²) in [6.07, 6.45) is -4.61. The number of anilines is 2. The zero-order valence-electron chi connectivity index (χ0n) is 15.1. The van der Waals surface area contributed by atoms with Crippen molar-refractivity contribution in [2.24, 2.45) is 0 Å². The van der Waals surface area contributed by atoms with E-state index in [1.165, 1.54) is 42.5 Å². The van der Waals surface area contributed by atoms with E-state index in [1.807, 2.05) is 0 Å². The maximum Gasteiger partial charge on any atom is 0.416 e. The van der Waals surface area contributed by atoms with Gasteiger partial charge in [0.1, 0.15) is 0 Å². The summed E-state index contributed by atoms with van der Waals surface area (Å²) in [5.74, 6) is -0.541. The molecule has 5 nitrogen and oxygen atoms in total. The predicted molar refractivity (Wildman–Crippen MR) is 108 cm³/mol. The second-order valence-corrected chi connectivity index (χ2v) is 8.24. The van der Waals surface area contributed by atoms with Gasteiger partial charge < -0.3 is 5.32 Å². The van der Waals surface area contributed by atoms with E-state index in [2.05, 4.69) is 10.0 Å². The first-order valence-electron chi connectivity index (χ1n) is 8.42. The van der Waals surface area contributed by atoms with E-state index in [1.54, 1.807) is 12.1 Å². The van der Waals surface area contributed by atoms with Gasteiger partial charge in [-0.2, -0.15) is 13.2 Å². The largest absolute Gasteiger partial charge is 0.416 e. The second kappa shape index (κ2) is 8.37. The minimum absolute atomic E-state index is 0.173. The summed E-state index contributed by atoms with van der Waals surface area (Å²) in [4.78, 5) is 12.1. The van der Waals surface area contributed by atoms with E-state index in [0.717, 1.165) is 12.1 Å². The average molecular weight is 455 g/mol. The molecule has 3 aromatic rings. The van der Waals surface area contributed by atoms with Gasteiger partial charge in [-0.25, -0.2) is 8.42 Å². The molecule has 0 aromatic heterocycles. The lowest BCUT2D eigenvalue weighted by Gasteiger charge is -2.12. The molecule has 0 unspecified atom stereocenters. The molecule has 0 heterocycles. The molecule has 0 fully saturated rings. The third-order valence-corrected chi connectivity index (χ3v) is 5.67. The molecule has 0 aliphatic carbocycles. The summed E-state index contributed by atoms with van der Waals surface area (Å²) in [6.45, 7) is 0. The van der Waals surface area contributed by atoms with Crippen LogP contribution >= 0.6 is 11.6 Å². The summed E-state index contributed by atoms with van der Waals surface area (Å²) in [6, 6.07) is 15.5. The van der Waals surface area contributed by atoms with Crippen LogP contribution in [0.3, 0.4) is 0 Å². The maximum atomic E-state index is 12.8. The summed E-state index contributed by atoms with van der Waals surface area (Å²) in [5, 5.41) is 2.77. The second-order valence-electron chi connectivity index (χ2n) is 6.15. The fourth-order valence-electron chi connectivity index (χ4n) is 2.56. The van der Waals surface area contributed by atoms with Crippen LogP contribution in [0.5, 0.6) is 0 Å². The Bertz CT molecular complexity index is 1200. The number of benzene rings is 3. The number of sulfonamides is 1. The van der Waals surface area contributed by atoms with Gasteiger partial charge in [-0.1, -0.05) is 35.9 Å². The lowest BCUT2D eigenvalue weighted by atomic mass is 10.2. The standard InChI is InChI=1S/C20H14ClF3N2O3S/c21-18-10-2-1-9-17(18)19(27)25-14-6-4-8-16(12-14)30(28,29)26-15-7-3-5-13(11-15)20(22,23)24/h1-12,26H,(H,25,27). The van der Waals surface area contributed by atoms with Gasteiger partial charge in [-0.15, -0.1) is 0 Å². The number of hydrogen-bond acceptors (Lipinski definition) is 3. The smallest absolute Gasteiger partial charge is 0.322 e. The van der Waals surface area contributed by atoms with Crippen LogP contribution in [0.1, 0.15) is 15.9 Å². The Morgan fingerprint density at radius 3 is 2.23 bits per heavy atom. The first-order chi connectivity index (χ1) is 14.1. The molecular formula is C20H14ClF3N2O3S. The van der Waals surface area contributed by atoms with Crippen molar-refractivity contribution >= 4 is 38.9 Å². The van der Waals surface area contributed by atoms with Crippen LogP contribution in [0.15, 0.2) is 77.7 Å². The fourth-order valence-corrected chi connectivity index (χ4v) is 3.87. The van der Waals surface area contributed by atoms with Crippen molar-refractivity contribution in [2.45, 2.75) is 11.1 Å². The molecular weight excluding hydrogens is 441 g/mol. The molecule has 156 valence electrons. The maximum absolute atomic E-state index is 12.8. The topological polar surface area (TPSA) is 75.3 Å². The van der Waals surface area contributed by atoms with Gasteiger partial charge in [-0.3, -0.25) is 9.52 Å². The van der Waals surface area contributed by atoms with Gasteiger partial charge in [0.25, 0.3) is 15.9 Å². The van der Waals surface area contributed by atoms with Crippen molar-refractivity contribution in [3.05, 3.63) is 88.9 Å². The molecule has 0 aliphatic rings. The van der Waals surface area contributed by atoms with E-state index in [9.17, 15) is 26.4 Å². The molecule has 3 aromatic carbocycles. The summed E-state index contributed by atoms with van der Waals surface area (Å²) < 4.78 is 65.8. The van der Waals surface area contributed by atoms with Gasteiger partial charge in [0.15, 0.2) is 0 Å². The van der Waals surface area contributed by atoms with E-state index >= 15 is 0 Å². The van der Waals surface area contributed by atoms with Gasteiger partial charge in [-0.05, 0) is 48.5 Å². The van der Waals surface area contributed by atoms with E-state index in [4.69, 9.17) is 11.6 Å². The molecule has 0 saturated carbocycles. The monoisotopic (exact) mass is 454 g/mol. The van der Waals surface area contributed by atoms with Gasteiger partial charge in [0.05, 0.1) is 21.0 Å². The number of halogens is 4. The molecule has 0 spiro atoms. The van der Waals surface area contributed by atoms with Gasteiger partial charge >= 0.3 is 6.18 Å². The fraction of sp³-hybridized carbons (Fsp3) is 0.0500. The zero-order chi connectivity index (χ0) is 21.9. The van der Waals surface area contributed by atoms with Crippen molar-refractivity contribution in [3.63, 3.8) is 0 Å².